The molecule has 0 aromatic rings. The van der Waals surface area contributed by atoms with E-state index in [1.807, 2.05) is 13.8 Å². The Hall–Kier alpha value is -0.260. The van der Waals surface area contributed by atoms with E-state index in [9.17, 15) is 4.79 Å². The zero-order valence-electron chi connectivity index (χ0n) is 10.4. The molecule has 0 rings (SSSR count). The molecule has 3 N–H and O–H groups in total. The summed E-state index contributed by atoms with van der Waals surface area (Å²) >= 11 is 1.54. The molecule has 0 aromatic heterocycles. The number of unbranched alkanes of at least 4 members (excludes halogenated alkanes) is 1. The number of hydrogen-bond donors (Lipinski definition) is 2. The van der Waals surface area contributed by atoms with Gasteiger partial charge in [0, 0.05) is 17.1 Å². The maximum Gasteiger partial charge on any atom is 0.321 e. The smallest absolute Gasteiger partial charge is 0.321 e. The van der Waals surface area contributed by atoms with Crippen LogP contribution in [-0.2, 0) is 9.53 Å². The van der Waals surface area contributed by atoms with Gasteiger partial charge in [0.2, 0.25) is 0 Å². The summed E-state index contributed by atoms with van der Waals surface area (Å²) in [6.45, 7) is 7.25. The van der Waals surface area contributed by atoms with Gasteiger partial charge in [-0.25, -0.2) is 0 Å². The van der Waals surface area contributed by atoms with Crippen LogP contribution in [0.1, 0.15) is 33.6 Å². The van der Waals surface area contributed by atoms with Crippen molar-refractivity contribution >= 4 is 17.7 Å². The molecule has 1 atom stereocenters. The third-order valence-electron chi connectivity index (χ3n) is 2.36. The fourth-order valence-corrected chi connectivity index (χ4v) is 2.11. The number of rotatable bonds is 9. The van der Waals surface area contributed by atoms with Crippen molar-refractivity contribution in [1.29, 1.82) is 0 Å². The van der Waals surface area contributed by atoms with Gasteiger partial charge in [-0.3, -0.25) is 4.79 Å². The van der Waals surface area contributed by atoms with Gasteiger partial charge in [0.1, 0.15) is 6.04 Å². The van der Waals surface area contributed by atoms with Gasteiger partial charge >= 0.3 is 5.97 Å². The Bertz CT molecular complexity index is 209. The highest BCUT2D eigenvalue weighted by molar-refractivity contribution is 8.00. The van der Waals surface area contributed by atoms with Crippen molar-refractivity contribution in [2.24, 2.45) is 5.73 Å². The molecule has 16 heavy (non-hydrogen) atoms. The van der Waals surface area contributed by atoms with Gasteiger partial charge < -0.3 is 15.6 Å². The second-order valence-electron chi connectivity index (χ2n) is 4.23. The molecule has 0 radical (unpaired) electrons. The molecule has 5 heteroatoms. The third-order valence-corrected chi connectivity index (χ3v) is 3.73. The highest BCUT2D eigenvalue weighted by Crippen LogP contribution is 2.27. The van der Waals surface area contributed by atoms with Crippen LogP contribution in [-0.4, -0.2) is 40.8 Å². The van der Waals surface area contributed by atoms with E-state index in [0.717, 1.165) is 25.2 Å². The number of nitrogens with two attached hydrogens (primary N) is 1. The van der Waals surface area contributed by atoms with Crippen LogP contribution in [0.25, 0.3) is 0 Å². The minimum Gasteiger partial charge on any atom is -0.480 e. The first kappa shape index (κ1) is 15.7. The van der Waals surface area contributed by atoms with Crippen LogP contribution in [0.3, 0.4) is 0 Å². The van der Waals surface area contributed by atoms with Gasteiger partial charge in [-0.05, 0) is 20.3 Å². The molecule has 0 aliphatic rings. The molecule has 0 saturated heterocycles. The molecule has 96 valence electrons. The standard InChI is InChI=1S/C11H23NO3S/c1-4-5-6-15-7-8-16-11(2,3)9(12)10(13)14/h9H,4-8,12H2,1-3H3,(H,13,14)/t9-/m0/s1. The summed E-state index contributed by atoms with van der Waals surface area (Å²) in [5.41, 5.74) is 5.60. The largest absolute Gasteiger partial charge is 0.480 e. The van der Waals surface area contributed by atoms with E-state index in [-0.39, 0.29) is 0 Å². The molecule has 0 aliphatic carbocycles. The number of carboxylic acid groups (broad SMARTS) is 1. The lowest BCUT2D eigenvalue weighted by atomic mass is 10.1. The molecular formula is C11H23NO3S. The van der Waals surface area contributed by atoms with Crippen molar-refractivity contribution in [1.82, 2.24) is 0 Å². The lowest BCUT2D eigenvalue weighted by molar-refractivity contribution is -0.139. The Morgan fingerprint density at radius 1 is 1.50 bits per heavy atom. The van der Waals surface area contributed by atoms with Crippen molar-refractivity contribution in [2.45, 2.75) is 44.4 Å². The average Bonchev–Trinajstić information content (AvgIpc) is 2.22. The Morgan fingerprint density at radius 3 is 2.62 bits per heavy atom. The van der Waals surface area contributed by atoms with Gasteiger partial charge in [-0.15, -0.1) is 0 Å². The quantitative estimate of drug-likeness (QED) is 0.609. The average molecular weight is 249 g/mol. The highest BCUT2D eigenvalue weighted by atomic mass is 32.2. The minimum absolute atomic E-state index is 0.458. The summed E-state index contributed by atoms with van der Waals surface area (Å²) in [5, 5.41) is 8.82. The van der Waals surface area contributed by atoms with Crippen LogP contribution >= 0.6 is 11.8 Å². The molecule has 0 aliphatic heterocycles. The molecule has 0 aromatic carbocycles. The van der Waals surface area contributed by atoms with E-state index in [1.54, 1.807) is 11.8 Å². The first-order valence-electron chi connectivity index (χ1n) is 5.62. The van der Waals surface area contributed by atoms with E-state index in [2.05, 4.69) is 6.92 Å². The van der Waals surface area contributed by atoms with Crippen LogP contribution in [0, 0.1) is 0 Å². The van der Waals surface area contributed by atoms with Crippen LogP contribution < -0.4 is 5.73 Å². The zero-order chi connectivity index (χ0) is 12.6. The Kier molecular flexibility index (Phi) is 7.80. The predicted octanol–water partition coefficient (Wildman–Crippen LogP) is 1.73. The van der Waals surface area contributed by atoms with Crippen LogP contribution in [0.2, 0.25) is 0 Å². The summed E-state index contributed by atoms with van der Waals surface area (Å²) in [5.74, 6) is -0.179. The van der Waals surface area contributed by atoms with E-state index >= 15 is 0 Å². The number of hydrogen-bond acceptors (Lipinski definition) is 4. The SMILES string of the molecule is CCCCOCCSC(C)(C)[C@@H](N)C(=O)O. The van der Waals surface area contributed by atoms with Gasteiger partial charge in [-0.2, -0.15) is 11.8 Å². The fourth-order valence-electron chi connectivity index (χ4n) is 1.10. The van der Waals surface area contributed by atoms with Gasteiger partial charge in [-0.1, -0.05) is 13.3 Å². The number of thioether (sulfide) groups is 1. The van der Waals surface area contributed by atoms with E-state index in [1.165, 1.54) is 0 Å². The minimum atomic E-state index is -0.954. The molecule has 0 spiro atoms. The predicted molar refractivity (Wildman–Crippen MR) is 67.9 cm³/mol. The van der Waals surface area contributed by atoms with E-state index in [4.69, 9.17) is 15.6 Å². The molecule has 0 unspecified atom stereocenters. The van der Waals surface area contributed by atoms with Crippen molar-refractivity contribution in [2.75, 3.05) is 19.0 Å². The molecule has 0 fully saturated rings. The first-order chi connectivity index (χ1) is 7.41. The maximum absolute atomic E-state index is 10.8. The summed E-state index contributed by atoms with van der Waals surface area (Å²) < 4.78 is 4.94. The Labute approximate surface area is 102 Å². The van der Waals surface area contributed by atoms with Gasteiger partial charge in [0.25, 0.3) is 0 Å². The lowest BCUT2D eigenvalue weighted by Gasteiger charge is -2.27. The van der Waals surface area contributed by atoms with E-state index < -0.39 is 16.8 Å². The normalized spacial score (nSPS) is 13.8. The number of carboxylic acids is 1. The zero-order valence-corrected chi connectivity index (χ0v) is 11.2. The second-order valence-corrected chi connectivity index (χ2v) is 5.98. The van der Waals surface area contributed by atoms with Crippen molar-refractivity contribution in [3.63, 3.8) is 0 Å². The molecular weight excluding hydrogens is 226 g/mol. The Morgan fingerprint density at radius 2 is 2.12 bits per heavy atom. The number of ether oxygens (including phenoxy) is 1. The summed E-state index contributed by atoms with van der Waals surface area (Å²) in [6.07, 6.45) is 2.20. The molecule has 0 heterocycles. The molecule has 0 amide bonds. The van der Waals surface area contributed by atoms with Crippen molar-refractivity contribution in [3.8, 4) is 0 Å². The Balaban J connectivity index is 3.70. The topological polar surface area (TPSA) is 72.5 Å². The van der Waals surface area contributed by atoms with Crippen LogP contribution in [0.5, 0.6) is 0 Å². The first-order valence-corrected chi connectivity index (χ1v) is 6.60. The maximum atomic E-state index is 10.8. The summed E-state index contributed by atoms with van der Waals surface area (Å²) in [6, 6.07) is -0.840. The monoisotopic (exact) mass is 249 g/mol. The van der Waals surface area contributed by atoms with Crippen molar-refractivity contribution in [3.05, 3.63) is 0 Å². The third kappa shape index (κ3) is 6.35. The molecule has 4 nitrogen and oxygen atoms in total. The second kappa shape index (κ2) is 7.92. The fraction of sp³-hybridized carbons (Fsp3) is 0.909. The summed E-state index contributed by atoms with van der Waals surface area (Å²) in [4.78, 5) is 10.8. The van der Waals surface area contributed by atoms with E-state index in [0.29, 0.717) is 6.61 Å². The molecule has 0 bridgehead atoms. The van der Waals surface area contributed by atoms with Crippen LogP contribution in [0.15, 0.2) is 0 Å². The molecule has 0 saturated carbocycles. The highest BCUT2D eigenvalue weighted by Gasteiger charge is 2.32. The lowest BCUT2D eigenvalue weighted by Crippen LogP contribution is -2.47. The summed E-state index contributed by atoms with van der Waals surface area (Å²) in [7, 11) is 0. The van der Waals surface area contributed by atoms with Crippen molar-refractivity contribution < 1.29 is 14.6 Å². The number of carbonyl (C=O) groups is 1. The van der Waals surface area contributed by atoms with Crippen LogP contribution in [0.4, 0.5) is 0 Å². The number of aliphatic carboxylic acids is 1. The van der Waals surface area contributed by atoms with Gasteiger partial charge in [0.05, 0.1) is 6.61 Å². The van der Waals surface area contributed by atoms with Gasteiger partial charge in [0.15, 0.2) is 0 Å².